The number of hydrogen-bond acceptors (Lipinski definition) is 4. The maximum atomic E-state index is 9.79. The molecule has 0 aliphatic carbocycles. The number of rotatable bonds is 8. The monoisotopic (exact) mass is 705 g/mol. The second-order valence-corrected chi connectivity index (χ2v) is 12.3. The van der Waals surface area contributed by atoms with Gasteiger partial charge in [0.05, 0.1) is 0 Å². The molecular weight excluding hydrogens is 674 g/mol. The molecular formula is C40H32B2BrN2O4+. The molecule has 238 valence electrons. The minimum absolute atomic E-state index is 0. The SMILES string of the molecule is OB(O)c1ccccc1C[n+]1ccc(-c2ccc3ccc4c(-c5cc[n+](Cc6ccccc6B(O)O)cc5)ccc5ccc2c3c54)cc1.[Br-]. The lowest BCUT2D eigenvalue weighted by atomic mass is 9.77. The Morgan fingerprint density at radius 2 is 0.796 bits per heavy atom. The summed E-state index contributed by atoms with van der Waals surface area (Å²) in [5, 5.41) is 46.5. The topological polar surface area (TPSA) is 88.7 Å². The number of hydrogen-bond donors (Lipinski definition) is 4. The first-order valence-corrected chi connectivity index (χ1v) is 16.0. The van der Waals surface area contributed by atoms with Crippen LogP contribution in [0.3, 0.4) is 0 Å². The van der Waals surface area contributed by atoms with Crippen LogP contribution in [0.2, 0.25) is 0 Å². The Hall–Kier alpha value is -4.89. The summed E-state index contributed by atoms with van der Waals surface area (Å²) in [7, 11) is -3.01. The van der Waals surface area contributed by atoms with Crippen molar-refractivity contribution < 1.29 is 46.2 Å². The molecule has 8 aromatic rings. The molecule has 4 N–H and O–H groups in total. The molecule has 0 spiro atoms. The maximum absolute atomic E-state index is 9.79. The predicted octanol–water partition coefficient (Wildman–Crippen LogP) is 0.953. The van der Waals surface area contributed by atoms with Gasteiger partial charge < -0.3 is 37.1 Å². The van der Waals surface area contributed by atoms with Crippen LogP contribution < -0.4 is 37.0 Å². The third-order valence-corrected chi connectivity index (χ3v) is 9.44. The summed E-state index contributed by atoms with van der Waals surface area (Å²) >= 11 is 0. The number of benzene rings is 6. The van der Waals surface area contributed by atoms with Crippen molar-refractivity contribution in [1.29, 1.82) is 0 Å². The van der Waals surface area contributed by atoms with Gasteiger partial charge in [-0.15, -0.1) is 0 Å². The van der Waals surface area contributed by atoms with Gasteiger partial charge in [0.25, 0.3) is 0 Å². The van der Waals surface area contributed by atoms with E-state index in [4.69, 9.17) is 0 Å². The van der Waals surface area contributed by atoms with E-state index in [9.17, 15) is 20.1 Å². The molecule has 6 aromatic carbocycles. The van der Waals surface area contributed by atoms with E-state index in [-0.39, 0.29) is 17.0 Å². The molecule has 49 heavy (non-hydrogen) atoms. The fourth-order valence-corrected chi connectivity index (χ4v) is 7.04. The van der Waals surface area contributed by atoms with Crippen molar-refractivity contribution in [3.63, 3.8) is 0 Å². The van der Waals surface area contributed by atoms with Gasteiger partial charge in [0.15, 0.2) is 37.9 Å². The summed E-state index contributed by atoms with van der Waals surface area (Å²) in [5.41, 5.74) is 7.31. The Morgan fingerprint density at radius 3 is 1.18 bits per heavy atom. The van der Waals surface area contributed by atoms with Gasteiger partial charge in [-0.3, -0.25) is 0 Å². The van der Waals surface area contributed by atoms with Crippen molar-refractivity contribution >= 4 is 57.5 Å². The van der Waals surface area contributed by atoms with Crippen molar-refractivity contribution in [2.24, 2.45) is 0 Å². The van der Waals surface area contributed by atoms with E-state index in [2.05, 4.69) is 72.8 Å². The van der Waals surface area contributed by atoms with E-state index in [1.54, 1.807) is 12.1 Å². The van der Waals surface area contributed by atoms with Crippen LogP contribution in [0.15, 0.2) is 146 Å². The van der Waals surface area contributed by atoms with Crippen molar-refractivity contribution in [1.82, 2.24) is 0 Å². The molecule has 8 rings (SSSR count). The molecule has 0 aliphatic rings. The summed E-state index contributed by atoms with van der Waals surface area (Å²) in [4.78, 5) is 0. The average molecular weight is 706 g/mol. The van der Waals surface area contributed by atoms with Crippen LogP contribution in [0, 0.1) is 0 Å². The summed E-state index contributed by atoms with van der Waals surface area (Å²) in [6, 6.07) is 40.9. The molecule has 0 saturated carbocycles. The van der Waals surface area contributed by atoms with Crippen molar-refractivity contribution in [2.45, 2.75) is 13.1 Å². The first-order valence-electron chi connectivity index (χ1n) is 16.0. The molecule has 0 fully saturated rings. The second kappa shape index (κ2) is 13.6. The molecule has 2 heterocycles. The highest BCUT2D eigenvalue weighted by Crippen LogP contribution is 2.42. The minimum atomic E-state index is -1.51. The van der Waals surface area contributed by atoms with Crippen LogP contribution in [0.4, 0.5) is 0 Å². The highest BCUT2D eigenvalue weighted by Gasteiger charge is 2.20. The van der Waals surface area contributed by atoms with Gasteiger partial charge in [-0.25, -0.2) is 9.13 Å². The van der Waals surface area contributed by atoms with Gasteiger partial charge in [-0.2, -0.15) is 0 Å². The van der Waals surface area contributed by atoms with Gasteiger partial charge >= 0.3 is 14.2 Å². The lowest BCUT2D eigenvalue weighted by molar-refractivity contribution is -0.688. The van der Waals surface area contributed by atoms with E-state index in [1.165, 1.54) is 32.3 Å². The zero-order valence-corrected chi connectivity index (χ0v) is 28.1. The van der Waals surface area contributed by atoms with Crippen LogP contribution in [0.5, 0.6) is 0 Å². The Labute approximate surface area is 295 Å². The fraction of sp³-hybridized carbons (Fsp3) is 0.0500. The molecule has 6 nitrogen and oxygen atoms in total. The zero-order chi connectivity index (χ0) is 32.8. The second-order valence-electron chi connectivity index (χ2n) is 12.3. The van der Waals surface area contributed by atoms with E-state index in [0.717, 1.165) is 33.4 Å². The van der Waals surface area contributed by atoms with E-state index < -0.39 is 14.2 Å². The van der Waals surface area contributed by atoms with Crippen LogP contribution in [0.25, 0.3) is 54.6 Å². The summed E-state index contributed by atoms with van der Waals surface area (Å²) in [6.07, 6.45) is 8.16. The van der Waals surface area contributed by atoms with Crippen LogP contribution >= 0.6 is 0 Å². The van der Waals surface area contributed by atoms with Crippen molar-refractivity contribution in [2.75, 3.05) is 0 Å². The summed E-state index contributed by atoms with van der Waals surface area (Å²) < 4.78 is 4.09. The standard InChI is InChI=1S/C40H32B2N2O4.BrH/c45-41(46)37-7-3-1-5-31(37)25-43-21-17-27(18-22-43)33-13-9-29-12-16-36-34(14-10-30-11-15-35(33)39(29)40(30)36)28-19-23-44(24-20-28)26-32-6-2-4-8-38(32)42(47)48;/h1-24,45-48H,25-26H2;1H/q+2;/p-1. The Bertz CT molecular complexity index is 2250. The first kappa shape index (κ1) is 32.6. The van der Waals surface area contributed by atoms with Gasteiger partial charge in [0, 0.05) is 35.4 Å². The van der Waals surface area contributed by atoms with Crippen LogP contribution in [-0.2, 0) is 13.1 Å². The highest BCUT2D eigenvalue weighted by atomic mass is 79.9. The quantitative estimate of drug-likeness (QED) is 0.108. The van der Waals surface area contributed by atoms with Gasteiger partial charge in [-0.1, -0.05) is 97.1 Å². The predicted molar refractivity (Wildman–Crippen MR) is 192 cm³/mol. The highest BCUT2D eigenvalue weighted by molar-refractivity contribution is 6.59. The van der Waals surface area contributed by atoms with Gasteiger partial charge in [-0.05, 0) is 65.5 Å². The third-order valence-electron chi connectivity index (χ3n) is 9.44. The molecule has 9 heteroatoms. The van der Waals surface area contributed by atoms with E-state index in [1.807, 2.05) is 70.3 Å². The molecule has 0 unspecified atom stereocenters. The number of nitrogens with zero attached hydrogens (tertiary/aromatic N) is 2. The fourth-order valence-electron chi connectivity index (χ4n) is 7.04. The summed E-state index contributed by atoms with van der Waals surface area (Å²) in [6.45, 7) is 1.07. The molecule has 0 bridgehead atoms. The molecule has 0 amide bonds. The first-order chi connectivity index (χ1) is 23.4. The van der Waals surface area contributed by atoms with Gasteiger partial charge in [0.2, 0.25) is 0 Å². The molecule has 0 radical (unpaired) electrons. The molecule has 0 saturated heterocycles. The van der Waals surface area contributed by atoms with Crippen molar-refractivity contribution in [3.05, 3.63) is 157 Å². The average Bonchev–Trinajstić information content (AvgIpc) is 3.11. The third kappa shape index (κ3) is 6.12. The van der Waals surface area contributed by atoms with E-state index >= 15 is 0 Å². The number of halogens is 1. The zero-order valence-electron chi connectivity index (χ0n) is 26.5. The Balaban J connectivity index is 0.00000378. The Kier molecular flexibility index (Phi) is 9.03. The molecule has 0 atom stereocenters. The van der Waals surface area contributed by atoms with Crippen LogP contribution in [-0.4, -0.2) is 34.3 Å². The Morgan fingerprint density at radius 1 is 0.429 bits per heavy atom. The largest absolute Gasteiger partial charge is 1.00 e. The summed E-state index contributed by atoms with van der Waals surface area (Å²) in [5.74, 6) is 0. The lowest BCUT2D eigenvalue weighted by Crippen LogP contribution is -3.00. The number of pyridine rings is 2. The lowest BCUT2D eigenvalue weighted by Gasteiger charge is -2.16. The van der Waals surface area contributed by atoms with Gasteiger partial charge in [0.1, 0.15) is 0 Å². The smallest absolute Gasteiger partial charge is 0.488 e. The minimum Gasteiger partial charge on any atom is -1.00 e. The van der Waals surface area contributed by atoms with Crippen LogP contribution in [0.1, 0.15) is 11.1 Å². The molecule has 0 aliphatic heterocycles. The van der Waals surface area contributed by atoms with E-state index in [0.29, 0.717) is 24.0 Å². The number of aromatic nitrogens is 2. The molecule has 2 aromatic heterocycles. The van der Waals surface area contributed by atoms with Crippen molar-refractivity contribution in [3.8, 4) is 22.3 Å². The maximum Gasteiger partial charge on any atom is 0.488 e. The normalized spacial score (nSPS) is 11.3.